The van der Waals surface area contributed by atoms with E-state index in [-0.39, 0.29) is 19.4 Å². The summed E-state index contributed by atoms with van der Waals surface area (Å²) in [4.78, 5) is 25.6. The Morgan fingerprint density at radius 3 is 1.74 bits per heavy atom. The number of rotatable bonds is 29. The van der Waals surface area contributed by atoms with Crippen LogP contribution in [0, 0.1) is 0 Å². The summed E-state index contributed by atoms with van der Waals surface area (Å²) >= 11 is 0. The Morgan fingerprint density at radius 1 is 0.783 bits per heavy atom. The Balaban J connectivity index is 2.56. The van der Waals surface area contributed by atoms with Crippen LogP contribution in [0.15, 0.2) is 0 Å². The number of nitrogens with one attached hydrogen (secondary N) is 1. The summed E-state index contributed by atoms with van der Waals surface area (Å²) in [5, 5.41) is 22.9. The Hall–Kier alpha value is -1.31. The van der Waals surface area contributed by atoms with E-state index in [1.165, 1.54) is 83.5 Å². The molecule has 0 spiro atoms. The summed E-state index contributed by atoms with van der Waals surface area (Å²) in [5.74, 6) is -1.12. The van der Waals surface area contributed by atoms with E-state index in [1.807, 2.05) is 0 Å². The van der Waals surface area contributed by atoms with Crippen LogP contribution in [-0.2, 0) is 33.6 Å². The molecule has 5 atom stereocenters. The summed E-state index contributed by atoms with van der Waals surface area (Å²) in [6.45, 7) is 3.56. The first-order valence-corrected chi connectivity index (χ1v) is 19.5. The summed E-state index contributed by atoms with van der Waals surface area (Å²) in [5.41, 5.74) is 0. The number of esters is 1. The van der Waals surface area contributed by atoms with Crippen LogP contribution in [0.5, 0.6) is 0 Å². The predicted octanol–water partition coefficient (Wildman–Crippen LogP) is 6.34. The molecule has 0 aromatic rings. The van der Waals surface area contributed by atoms with Crippen molar-refractivity contribution in [2.45, 2.75) is 192 Å². The number of hydrogen-bond acceptors (Lipinski definition) is 9. The van der Waals surface area contributed by atoms with Gasteiger partial charge in [-0.2, -0.15) is 8.42 Å². The lowest BCUT2D eigenvalue weighted by Gasteiger charge is -2.40. The van der Waals surface area contributed by atoms with Crippen molar-refractivity contribution in [3.8, 4) is 0 Å². The molecule has 1 rings (SSSR count). The Labute approximate surface area is 278 Å². The smallest absolute Gasteiger partial charge is 0.397 e. The van der Waals surface area contributed by atoms with Gasteiger partial charge in [-0.25, -0.2) is 4.18 Å². The van der Waals surface area contributed by atoms with Gasteiger partial charge in [0.25, 0.3) is 0 Å². The number of carbonyl (C=O) groups excluding carboxylic acids is 2. The molecule has 1 fully saturated rings. The Kier molecular flexibility index (Phi) is 24.7. The fourth-order valence-electron chi connectivity index (χ4n) is 5.96. The summed E-state index contributed by atoms with van der Waals surface area (Å²) in [6.07, 6.45) is 18.0. The SMILES string of the molecule is CCCCCCCCCCCCCC(=O)O[C@H]1[C@H](OS(=O)(=O)O)[C@@H](CO)OC[C@@H]1NC(=O)CC(O)CCCCCCCCCCC. The standard InChI is InChI=1S/C34H65NO10S/c1-3-5-7-9-11-13-14-16-18-20-22-24-32(39)44-33-29(27-43-30(26-36)34(33)45-46(40,41)42)35-31(38)25-28(37)23-21-19-17-15-12-10-8-6-4-2/h28-30,33-34,36-37H,3-27H2,1-2H3,(H,35,38)(H,40,41,42)/t28?,29-,30+,33+,34+/m0/s1. The maximum atomic E-state index is 12.8. The van der Waals surface area contributed by atoms with Crippen molar-refractivity contribution in [3.05, 3.63) is 0 Å². The summed E-state index contributed by atoms with van der Waals surface area (Å²) in [7, 11) is -5.00. The molecule has 0 aromatic heterocycles. The highest BCUT2D eigenvalue weighted by molar-refractivity contribution is 7.80. The zero-order valence-corrected chi connectivity index (χ0v) is 29.5. The third-order valence-electron chi connectivity index (χ3n) is 8.65. The van der Waals surface area contributed by atoms with E-state index in [4.69, 9.17) is 13.7 Å². The molecule has 4 N–H and O–H groups in total. The lowest BCUT2D eigenvalue weighted by Crippen LogP contribution is -2.62. The molecule has 0 aliphatic carbocycles. The molecule has 1 aliphatic rings. The average Bonchev–Trinajstić information content (AvgIpc) is 3.00. The quantitative estimate of drug-likeness (QED) is 0.0398. The monoisotopic (exact) mass is 679 g/mol. The molecule has 272 valence electrons. The topological polar surface area (TPSA) is 169 Å². The molecule has 1 saturated heterocycles. The predicted molar refractivity (Wildman–Crippen MR) is 179 cm³/mol. The van der Waals surface area contributed by atoms with Crippen LogP contribution in [-0.4, -0.2) is 78.7 Å². The number of hydrogen-bond donors (Lipinski definition) is 4. The van der Waals surface area contributed by atoms with Gasteiger partial charge in [-0.1, -0.05) is 136 Å². The molecule has 1 unspecified atom stereocenters. The first-order chi connectivity index (χ1) is 22.1. The molecule has 1 amide bonds. The summed E-state index contributed by atoms with van der Waals surface area (Å²) < 4.78 is 48.5. The van der Waals surface area contributed by atoms with Gasteiger partial charge < -0.3 is 25.0 Å². The van der Waals surface area contributed by atoms with Crippen LogP contribution in [0.25, 0.3) is 0 Å². The van der Waals surface area contributed by atoms with Crippen molar-refractivity contribution in [2.24, 2.45) is 0 Å². The molecule has 0 saturated carbocycles. The van der Waals surface area contributed by atoms with Crippen molar-refractivity contribution in [1.29, 1.82) is 0 Å². The van der Waals surface area contributed by atoms with Crippen LogP contribution in [0.1, 0.15) is 162 Å². The van der Waals surface area contributed by atoms with Gasteiger partial charge in [-0.3, -0.25) is 14.1 Å². The molecular weight excluding hydrogens is 614 g/mol. The van der Waals surface area contributed by atoms with E-state index in [2.05, 4.69) is 19.2 Å². The molecule has 1 heterocycles. The zero-order chi connectivity index (χ0) is 34.0. The Bertz CT molecular complexity index is 887. The number of unbranched alkanes of at least 4 members (excludes halogenated alkanes) is 18. The lowest BCUT2D eigenvalue weighted by atomic mass is 9.97. The fraction of sp³-hybridized carbons (Fsp3) is 0.941. The molecular formula is C34H65NO10S. The van der Waals surface area contributed by atoms with E-state index in [9.17, 15) is 32.8 Å². The molecule has 0 radical (unpaired) electrons. The van der Waals surface area contributed by atoms with Crippen molar-refractivity contribution in [2.75, 3.05) is 13.2 Å². The van der Waals surface area contributed by atoms with E-state index < -0.39 is 59.3 Å². The highest BCUT2D eigenvalue weighted by atomic mass is 32.3. The summed E-state index contributed by atoms with van der Waals surface area (Å²) in [6, 6.07) is -1.01. The highest BCUT2D eigenvalue weighted by Crippen LogP contribution is 2.24. The molecule has 46 heavy (non-hydrogen) atoms. The van der Waals surface area contributed by atoms with Crippen molar-refractivity contribution >= 4 is 22.3 Å². The second kappa shape index (κ2) is 26.6. The van der Waals surface area contributed by atoms with E-state index in [0.717, 1.165) is 38.5 Å². The highest BCUT2D eigenvalue weighted by Gasteiger charge is 2.46. The van der Waals surface area contributed by atoms with Gasteiger partial charge in [0, 0.05) is 6.42 Å². The van der Waals surface area contributed by atoms with Crippen LogP contribution in [0.2, 0.25) is 0 Å². The first-order valence-electron chi connectivity index (χ1n) is 18.2. The number of ether oxygens (including phenoxy) is 2. The van der Waals surface area contributed by atoms with Gasteiger partial charge in [0.2, 0.25) is 5.91 Å². The number of aliphatic hydroxyl groups is 2. The molecule has 11 nitrogen and oxygen atoms in total. The van der Waals surface area contributed by atoms with Crippen LogP contribution >= 0.6 is 0 Å². The average molecular weight is 680 g/mol. The minimum atomic E-state index is -5.00. The first kappa shape index (κ1) is 42.7. The van der Waals surface area contributed by atoms with E-state index in [0.29, 0.717) is 12.8 Å². The fourth-order valence-corrected chi connectivity index (χ4v) is 6.48. The number of carbonyl (C=O) groups is 2. The van der Waals surface area contributed by atoms with Gasteiger partial charge in [0.1, 0.15) is 12.2 Å². The number of aliphatic hydroxyl groups excluding tert-OH is 2. The van der Waals surface area contributed by atoms with Crippen LogP contribution in [0.3, 0.4) is 0 Å². The molecule has 12 heteroatoms. The second-order valence-electron chi connectivity index (χ2n) is 12.9. The largest absolute Gasteiger partial charge is 0.457 e. The lowest BCUT2D eigenvalue weighted by molar-refractivity contribution is -0.186. The molecule has 1 aliphatic heterocycles. The van der Waals surface area contributed by atoms with Gasteiger partial charge in [0.15, 0.2) is 6.10 Å². The van der Waals surface area contributed by atoms with Crippen molar-refractivity contribution in [3.63, 3.8) is 0 Å². The van der Waals surface area contributed by atoms with Crippen LogP contribution in [0.4, 0.5) is 0 Å². The van der Waals surface area contributed by atoms with Gasteiger partial charge >= 0.3 is 16.4 Å². The Morgan fingerprint density at radius 2 is 1.26 bits per heavy atom. The maximum Gasteiger partial charge on any atom is 0.397 e. The maximum absolute atomic E-state index is 12.8. The third-order valence-corrected chi connectivity index (χ3v) is 9.12. The van der Waals surface area contributed by atoms with Crippen molar-refractivity contribution < 1.29 is 46.4 Å². The molecule has 0 aromatic carbocycles. The van der Waals surface area contributed by atoms with Gasteiger partial charge in [-0.05, 0) is 12.8 Å². The van der Waals surface area contributed by atoms with Crippen LogP contribution < -0.4 is 5.32 Å². The zero-order valence-electron chi connectivity index (χ0n) is 28.7. The van der Waals surface area contributed by atoms with E-state index >= 15 is 0 Å². The van der Waals surface area contributed by atoms with Gasteiger partial charge in [0.05, 0.1) is 31.8 Å². The minimum Gasteiger partial charge on any atom is -0.457 e. The third kappa shape index (κ3) is 21.5. The minimum absolute atomic E-state index is 0.0921. The normalized spacial score (nSPS) is 20.8. The van der Waals surface area contributed by atoms with E-state index in [1.54, 1.807) is 0 Å². The second-order valence-corrected chi connectivity index (χ2v) is 14.0. The van der Waals surface area contributed by atoms with Crippen molar-refractivity contribution in [1.82, 2.24) is 5.32 Å². The molecule has 0 bridgehead atoms. The van der Waals surface area contributed by atoms with Gasteiger partial charge in [-0.15, -0.1) is 0 Å². The number of amides is 1.